The molecular formula is C14H14ClFN2. The Hall–Kier alpha value is -1.74. The molecule has 0 atom stereocenters. The molecule has 0 aliphatic carbocycles. The van der Waals surface area contributed by atoms with Crippen LogP contribution in [-0.4, -0.2) is 0 Å². The molecule has 0 amide bonds. The Morgan fingerprint density at radius 3 is 2.56 bits per heavy atom. The number of anilines is 3. The normalized spacial score (nSPS) is 10.4. The predicted octanol–water partition coefficient (Wildman–Crippen LogP) is 4.42. The quantitative estimate of drug-likeness (QED) is 0.788. The molecule has 0 radical (unpaired) electrons. The zero-order valence-electron chi connectivity index (χ0n) is 10.2. The van der Waals surface area contributed by atoms with Crippen LogP contribution in [0.3, 0.4) is 0 Å². The topological polar surface area (TPSA) is 38.0 Å². The van der Waals surface area contributed by atoms with Crippen LogP contribution in [-0.2, 0) is 0 Å². The minimum Gasteiger partial charge on any atom is -0.397 e. The molecule has 2 aromatic carbocycles. The SMILES string of the molecule is Cc1cc(Cl)c(Nc2c(C)cccc2N)cc1F. The molecule has 0 saturated heterocycles. The first kappa shape index (κ1) is 12.7. The van der Waals surface area contributed by atoms with Gasteiger partial charge in [-0.1, -0.05) is 23.7 Å². The summed E-state index contributed by atoms with van der Waals surface area (Å²) in [6.07, 6.45) is 0. The van der Waals surface area contributed by atoms with Crippen LogP contribution in [0.4, 0.5) is 21.5 Å². The maximum Gasteiger partial charge on any atom is 0.128 e. The van der Waals surface area contributed by atoms with Gasteiger partial charge in [0, 0.05) is 0 Å². The molecule has 3 N–H and O–H groups in total. The van der Waals surface area contributed by atoms with Gasteiger partial charge in [0.2, 0.25) is 0 Å². The number of nitrogens with one attached hydrogen (secondary N) is 1. The average Bonchev–Trinajstić information content (AvgIpc) is 2.30. The highest BCUT2D eigenvalue weighted by Crippen LogP contribution is 2.32. The van der Waals surface area contributed by atoms with Gasteiger partial charge in [0.05, 0.1) is 22.1 Å². The van der Waals surface area contributed by atoms with Crippen LogP contribution in [0.1, 0.15) is 11.1 Å². The fourth-order valence-corrected chi connectivity index (χ4v) is 2.00. The number of nitrogen functional groups attached to an aromatic ring is 1. The maximum atomic E-state index is 13.5. The first-order valence-electron chi connectivity index (χ1n) is 5.57. The van der Waals surface area contributed by atoms with Crippen molar-refractivity contribution in [3.05, 3.63) is 52.3 Å². The van der Waals surface area contributed by atoms with Gasteiger partial charge < -0.3 is 11.1 Å². The lowest BCUT2D eigenvalue weighted by atomic mass is 10.1. The van der Waals surface area contributed by atoms with E-state index in [1.54, 1.807) is 19.1 Å². The monoisotopic (exact) mass is 264 g/mol. The van der Waals surface area contributed by atoms with Crippen LogP contribution < -0.4 is 11.1 Å². The highest BCUT2D eigenvalue weighted by atomic mass is 35.5. The van der Waals surface area contributed by atoms with Crippen molar-refractivity contribution in [1.82, 2.24) is 0 Å². The van der Waals surface area contributed by atoms with Crippen molar-refractivity contribution >= 4 is 28.7 Å². The van der Waals surface area contributed by atoms with E-state index < -0.39 is 0 Å². The van der Waals surface area contributed by atoms with Crippen molar-refractivity contribution in [3.63, 3.8) is 0 Å². The summed E-state index contributed by atoms with van der Waals surface area (Å²) in [6.45, 7) is 3.60. The highest BCUT2D eigenvalue weighted by Gasteiger charge is 2.09. The van der Waals surface area contributed by atoms with E-state index in [1.807, 2.05) is 19.1 Å². The van der Waals surface area contributed by atoms with E-state index in [2.05, 4.69) is 5.32 Å². The molecular weight excluding hydrogens is 251 g/mol. The lowest BCUT2D eigenvalue weighted by Gasteiger charge is -2.14. The summed E-state index contributed by atoms with van der Waals surface area (Å²) < 4.78 is 13.5. The number of benzene rings is 2. The van der Waals surface area contributed by atoms with Crippen LogP contribution in [0.25, 0.3) is 0 Å². The third-order valence-corrected chi connectivity index (χ3v) is 3.13. The van der Waals surface area contributed by atoms with E-state index in [0.29, 0.717) is 22.0 Å². The van der Waals surface area contributed by atoms with E-state index in [9.17, 15) is 4.39 Å². The molecule has 2 rings (SSSR count). The molecule has 0 unspecified atom stereocenters. The van der Waals surface area contributed by atoms with Crippen LogP contribution in [0, 0.1) is 19.7 Å². The summed E-state index contributed by atoms with van der Waals surface area (Å²) >= 11 is 6.09. The van der Waals surface area contributed by atoms with E-state index in [-0.39, 0.29) is 5.82 Å². The largest absolute Gasteiger partial charge is 0.397 e. The molecule has 2 nitrogen and oxygen atoms in total. The standard InChI is InChI=1S/C14H14ClFN2/c1-8-4-3-5-12(17)14(8)18-13-7-11(16)9(2)6-10(13)15/h3-7,18H,17H2,1-2H3. The Morgan fingerprint density at radius 1 is 1.17 bits per heavy atom. The number of para-hydroxylation sites is 1. The molecule has 2 aromatic rings. The van der Waals surface area contributed by atoms with Crippen molar-refractivity contribution in [1.29, 1.82) is 0 Å². The maximum absolute atomic E-state index is 13.5. The molecule has 94 valence electrons. The summed E-state index contributed by atoms with van der Waals surface area (Å²) in [5.74, 6) is -0.297. The van der Waals surface area contributed by atoms with Crippen LogP contribution >= 0.6 is 11.6 Å². The van der Waals surface area contributed by atoms with Crippen LogP contribution in [0.5, 0.6) is 0 Å². The van der Waals surface area contributed by atoms with Gasteiger partial charge in [0.1, 0.15) is 5.82 Å². The van der Waals surface area contributed by atoms with Gasteiger partial charge in [0.25, 0.3) is 0 Å². The second-order valence-electron chi connectivity index (χ2n) is 4.25. The molecule has 0 aliphatic heterocycles. The minimum absolute atomic E-state index is 0.297. The number of hydrogen-bond acceptors (Lipinski definition) is 2. The molecule has 0 saturated carbocycles. The zero-order valence-corrected chi connectivity index (χ0v) is 11.0. The third-order valence-electron chi connectivity index (χ3n) is 2.81. The van der Waals surface area contributed by atoms with E-state index in [1.165, 1.54) is 6.07 Å². The van der Waals surface area contributed by atoms with Gasteiger partial charge in [-0.25, -0.2) is 4.39 Å². The number of nitrogens with two attached hydrogens (primary N) is 1. The molecule has 0 bridgehead atoms. The Morgan fingerprint density at radius 2 is 1.89 bits per heavy atom. The zero-order chi connectivity index (χ0) is 13.3. The second-order valence-corrected chi connectivity index (χ2v) is 4.65. The van der Waals surface area contributed by atoms with Crippen molar-refractivity contribution in [2.24, 2.45) is 0 Å². The van der Waals surface area contributed by atoms with E-state index >= 15 is 0 Å². The lowest BCUT2D eigenvalue weighted by molar-refractivity contribution is 0.619. The van der Waals surface area contributed by atoms with E-state index in [0.717, 1.165) is 11.3 Å². The molecule has 0 heterocycles. The fraction of sp³-hybridized carbons (Fsp3) is 0.143. The smallest absolute Gasteiger partial charge is 0.128 e. The molecule has 0 aliphatic rings. The number of halogens is 2. The lowest BCUT2D eigenvalue weighted by Crippen LogP contribution is -2.00. The van der Waals surface area contributed by atoms with Crippen molar-refractivity contribution in [3.8, 4) is 0 Å². The van der Waals surface area contributed by atoms with Gasteiger partial charge in [-0.15, -0.1) is 0 Å². The van der Waals surface area contributed by atoms with Crippen LogP contribution in [0.2, 0.25) is 5.02 Å². The Bertz CT molecular complexity index is 576. The summed E-state index contributed by atoms with van der Waals surface area (Å²) in [5.41, 5.74) is 9.25. The first-order valence-corrected chi connectivity index (χ1v) is 5.94. The summed E-state index contributed by atoms with van der Waals surface area (Å²) in [4.78, 5) is 0. The number of hydrogen-bond donors (Lipinski definition) is 2. The van der Waals surface area contributed by atoms with Gasteiger partial charge >= 0.3 is 0 Å². The Kier molecular flexibility index (Phi) is 3.43. The summed E-state index contributed by atoms with van der Waals surface area (Å²) in [5, 5.41) is 3.55. The van der Waals surface area contributed by atoms with Gasteiger partial charge in [-0.2, -0.15) is 0 Å². The Balaban J connectivity index is 2.43. The predicted molar refractivity (Wildman–Crippen MR) is 75.0 cm³/mol. The highest BCUT2D eigenvalue weighted by molar-refractivity contribution is 6.33. The van der Waals surface area contributed by atoms with Crippen molar-refractivity contribution in [2.45, 2.75) is 13.8 Å². The third kappa shape index (κ3) is 2.41. The number of rotatable bonds is 2. The second kappa shape index (κ2) is 4.86. The van der Waals surface area contributed by atoms with Crippen molar-refractivity contribution < 1.29 is 4.39 Å². The Labute approximate surface area is 111 Å². The molecule has 0 aromatic heterocycles. The van der Waals surface area contributed by atoms with Gasteiger partial charge in [-0.05, 0) is 43.2 Å². The average molecular weight is 265 g/mol. The summed E-state index contributed by atoms with van der Waals surface area (Å²) in [7, 11) is 0. The minimum atomic E-state index is -0.297. The van der Waals surface area contributed by atoms with Crippen LogP contribution in [0.15, 0.2) is 30.3 Å². The van der Waals surface area contributed by atoms with Gasteiger partial charge in [-0.3, -0.25) is 0 Å². The number of aryl methyl sites for hydroxylation is 2. The van der Waals surface area contributed by atoms with E-state index in [4.69, 9.17) is 17.3 Å². The fourth-order valence-electron chi connectivity index (χ4n) is 1.74. The summed E-state index contributed by atoms with van der Waals surface area (Å²) in [6, 6.07) is 8.55. The molecule has 0 fully saturated rings. The van der Waals surface area contributed by atoms with Crippen molar-refractivity contribution in [2.75, 3.05) is 11.1 Å². The molecule has 0 spiro atoms. The first-order chi connectivity index (χ1) is 8.49. The molecule has 4 heteroatoms. The molecule has 18 heavy (non-hydrogen) atoms. The van der Waals surface area contributed by atoms with Gasteiger partial charge in [0.15, 0.2) is 0 Å².